The first-order valence-electron chi connectivity index (χ1n) is 10.5. The average molecular weight is 446 g/mol. The number of hydrogen-bond donors (Lipinski definition) is 0. The highest BCUT2D eigenvalue weighted by molar-refractivity contribution is 7.89. The topological polar surface area (TPSA) is 89.4 Å². The largest absolute Gasteiger partial charge is 0.349 e. The second kappa shape index (κ2) is 7.67. The molecule has 0 aromatic heterocycles. The Morgan fingerprint density at radius 2 is 1.72 bits per heavy atom. The number of hydrogen-bond acceptors (Lipinski definition) is 4. The Bertz CT molecular complexity index is 1300. The molecule has 2 aliphatic rings. The van der Waals surface area contributed by atoms with Gasteiger partial charge in [-0.2, -0.15) is 4.31 Å². The number of benzene rings is 3. The molecule has 0 aliphatic carbocycles. The zero-order chi connectivity index (χ0) is 22.3. The second-order valence-electron chi connectivity index (χ2n) is 8.30. The summed E-state index contributed by atoms with van der Waals surface area (Å²) in [5.41, 5.74) is 12.3. The SMILES string of the molecule is Cc1ccc(S(=O)(=O)N2CC[C@@]3(N=[N+]=[N-])c4ccccc4N(Cc4ccccc4)[C@@H]23)cc1. The standard InChI is InChI=1S/C24H23N5O2S/c1-18-11-13-20(14-12-18)32(30,31)29-16-15-24(26-27-25)21-9-5-6-10-22(21)28(23(24)29)17-19-7-3-2-4-8-19/h2-14,23H,15-17H2,1H3/t23-,24+/m0/s1. The molecule has 0 radical (unpaired) electrons. The fourth-order valence-electron chi connectivity index (χ4n) is 4.96. The van der Waals surface area contributed by atoms with Crippen LogP contribution in [0.25, 0.3) is 10.4 Å². The van der Waals surface area contributed by atoms with Crippen LogP contribution in [-0.4, -0.2) is 25.4 Å². The van der Waals surface area contributed by atoms with Gasteiger partial charge in [0.1, 0.15) is 11.7 Å². The number of rotatable bonds is 5. The lowest BCUT2D eigenvalue weighted by atomic mass is 9.90. The first-order valence-corrected chi connectivity index (χ1v) is 12.0. The summed E-state index contributed by atoms with van der Waals surface area (Å²) in [6.07, 6.45) is -0.211. The molecule has 8 heteroatoms. The Morgan fingerprint density at radius 1 is 1.03 bits per heavy atom. The normalized spacial score (nSPS) is 22.3. The second-order valence-corrected chi connectivity index (χ2v) is 10.2. The van der Waals surface area contributed by atoms with Crippen LogP contribution in [0.3, 0.4) is 0 Å². The van der Waals surface area contributed by atoms with Gasteiger partial charge in [0.25, 0.3) is 0 Å². The predicted octanol–water partition coefficient (Wildman–Crippen LogP) is 4.94. The molecule has 1 saturated heterocycles. The van der Waals surface area contributed by atoms with Crippen LogP contribution in [0.4, 0.5) is 5.69 Å². The third kappa shape index (κ3) is 3.07. The van der Waals surface area contributed by atoms with Crippen molar-refractivity contribution in [2.45, 2.75) is 36.5 Å². The van der Waals surface area contributed by atoms with Crippen molar-refractivity contribution in [3.8, 4) is 0 Å². The minimum Gasteiger partial charge on any atom is -0.349 e. The summed E-state index contributed by atoms with van der Waals surface area (Å²) in [6.45, 7) is 2.71. The number of sulfonamides is 1. The van der Waals surface area contributed by atoms with E-state index >= 15 is 0 Å². The number of nitrogens with zero attached hydrogens (tertiary/aromatic N) is 5. The van der Waals surface area contributed by atoms with Gasteiger partial charge in [0.15, 0.2) is 0 Å². The maximum Gasteiger partial charge on any atom is 0.244 e. The molecule has 3 aromatic rings. The van der Waals surface area contributed by atoms with E-state index in [9.17, 15) is 13.9 Å². The molecule has 0 bridgehead atoms. The Hall–Kier alpha value is -3.32. The van der Waals surface area contributed by atoms with Gasteiger partial charge < -0.3 is 4.90 Å². The van der Waals surface area contributed by atoms with Gasteiger partial charge in [-0.1, -0.05) is 71.3 Å². The quantitative estimate of drug-likeness (QED) is 0.316. The summed E-state index contributed by atoms with van der Waals surface area (Å²) in [4.78, 5) is 5.48. The lowest BCUT2D eigenvalue weighted by molar-refractivity contribution is 0.308. The summed E-state index contributed by atoms with van der Waals surface area (Å²) >= 11 is 0. The molecule has 0 spiro atoms. The van der Waals surface area contributed by atoms with Gasteiger partial charge in [0.2, 0.25) is 10.0 Å². The van der Waals surface area contributed by atoms with E-state index < -0.39 is 21.7 Å². The van der Waals surface area contributed by atoms with Crippen LogP contribution >= 0.6 is 0 Å². The van der Waals surface area contributed by atoms with E-state index in [2.05, 4.69) is 14.9 Å². The highest BCUT2D eigenvalue weighted by Gasteiger charge is 2.60. The van der Waals surface area contributed by atoms with Crippen molar-refractivity contribution in [1.82, 2.24) is 4.31 Å². The minimum atomic E-state index is -3.80. The monoisotopic (exact) mass is 445 g/mol. The van der Waals surface area contributed by atoms with Gasteiger partial charge in [-0.05, 0) is 48.2 Å². The maximum absolute atomic E-state index is 13.7. The molecule has 5 rings (SSSR count). The molecule has 0 saturated carbocycles. The molecule has 2 heterocycles. The number of azide groups is 1. The number of anilines is 1. The van der Waals surface area contributed by atoms with Crippen molar-refractivity contribution in [2.24, 2.45) is 5.11 Å². The zero-order valence-electron chi connectivity index (χ0n) is 17.7. The molecule has 0 N–H and O–H groups in total. The van der Waals surface area contributed by atoms with Gasteiger partial charge in [0.05, 0.1) is 4.90 Å². The Labute approximate surface area is 187 Å². The van der Waals surface area contributed by atoms with Crippen molar-refractivity contribution in [3.05, 3.63) is 106 Å². The van der Waals surface area contributed by atoms with Crippen molar-refractivity contribution in [2.75, 3.05) is 11.4 Å². The third-order valence-corrected chi connectivity index (χ3v) is 8.30. The predicted molar refractivity (Wildman–Crippen MR) is 123 cm³/mol. The number of para-hydroxylation sites is 1. The molecular formula is C24H23N5O2S. The lowest BCUT2D eigenvalue weighted by Crippen LogP contribution is -2.50. The van der Waals surface area contributed by atoms with E-state index in [0.717, 1.165) is 22.4 Å². The summed E-state index contributed by atoms with van der Waals surface area (Å²) in [5, 5.41) is 4.25. The first-order chi connectivity index (χ1) is 15.5. The van der Waals surface area contributed by atoms with Crippen molar-refractivity contribution in [1.29, 1.82) is 0 Å². The number of fused-ring (bicyclic) bond motifs is 3. The van der Waals surface area contributed by atoms with Crippen LogP contribution in [-0.2, 0) is 22.1 Å². The zero-order valence-corrected chi connectivity index (χ0v) is 18.5. The lowest BCUT2D eigenvalue weighted by Gasteiger charge is -2.36. The number of aryl methyl sites for hydroxylation is 1. The molecule has 0 unspecified atom stereocenters. The van der Waals surface area contributed by atoms with Gasteiger partial charge >= 0.3 is 0 Å². The Balaban J connectivity index is 1.66. The summed E-state index contributed by atoms with van der Waals surface area (Å²) in [5.74, 6) is 0. The smallest absolute Gasteiger partial charge is 0.244 e. The molecule has 162 valence electrons. The molecular weight excluding hydrogens is 422 g/mol. The molecule has 1 fully saturated rings. The van der Waals surface area contributed by atoms with Crippen molar-refractivity contribution in [3.63, 3.8) is 0 Å². The van der Waals surface area contributed by atoms with Crippen LogP contribution in [0.1, 0.15) is 23.1 Å². The van der Waals surface area contributed by atoms with Gasteiger partial charge in [-0.15, -0.1) is 0 Å². The third-order valence-electron chi connectivity index (χ3n) is 6.43. The molecule has 32 heavy (non-hydrogen) atoms. The average Bonchev–Trinajstić information content (AvgIpc) is 3.30. The molecule has 2 aliphatic heterocycles. The summed E-state index contributed by atoms with van der Waals surface area (Å²) in [7, 11) is -3.80. The van der Waals surface area contributed by atoms with E-state index in [4.69, 9.17) is 0 Å². The van der Waals surface area contributed by atoms with Gasteiger partial charge in [0, 0.05) is 23.7 Å². The van der Waals surface area contributed by atoms with Crippen molar-refractivity contribution < 1.29 is 8.42 Å². The Morgan fingerprint density at radius 3 is 2.44 bits per heavy atom. The van der Waals surface area contributed by atoms with E-state index in [1.54, 1.807) is 24.3 Å². The highest BCUT2D eigenvalue weighted by Crippen LogP contribution is 2.54. The van der Waals surface area contributed by atoms with Gasteiger partial charge in [-0.3, -0.25) is 0 Å². The summed E-state index contributed by atoms with van der Waals surface area (Å²) in [6, 6.07) is 24.6. The Kier molecular flexibility index (Phi) is 4.93. The molecule has 0 amide bonds. The summed E-state index contributed by atoms with van der Waals surface area (Å²) < 4.78 is 29.0. The van der Waals surface area contributed by atoms with Crippen LogP contribution in [0, 0.1) is 6.92 Å². The van der Waals surface area contributed by atoms with Crippen LogP contribution < -0.4 is 4.90 Å². The van der Waals surface area contributed by atoms with Gasteiger partial charge in [-0.25, -0.2) is 8.42 Å². The fraction of sp³-hybridized carbons (Fsp3) is 0.250. The highest BCUT2D eigenvalue weighted by atomic mass is 32.2. The van der Waals surface area contributed by atoms with Crippen LogP contribution in [0.15, 0.2) is 88.9 Å². The van der Waals surface area contributed by atoms with E-state index in [-0.39, 0.29) is 11.4 Å². The van der Waals surface area contributed by atoms with E-state index in [1.165, 1.54) is 4.31 Å². The van der Waals surface area contributed by atoms with Crippen LogP contribution in [0.2, 0.25) is 0 Å². The minimum absolute atomic E-state index is 0.246. The van der Waals surface area contributed by atoms with Crippen LogP contribution in [0.5, 0.6) is 0 Å². The molecule has 3 aromatic carbocycles. The molecule has 7 nitrogen and oxygen atoms in total. The van der Waals surface area contributed by atoms with Crippen molar-refractivity contribution >= 4 is 15.7 Å². The first kappa shape index (κ1) is 20.6. The fourth-order valence-corrected chi connectivity index (χ4v) is 6.60. The molecule has 2 atom stereocenters. The van der Waals surface area contributed by atoms with E-state index in [0.29, 0.717) is 13.0 Å². The van der Waals surface area contributed by atoms with E-state index in [1.807, 2.05) is 61.5 Å². The maximum atomic E-state index is 13.7.